The van der Waals surface area contributed by atoms with Crippen molar-refractivity contribution in [2.24, 2.45) is 0 Å². The zero-order valence-corrected chi connectivity index (χ0v) is 10.6. The van der Waals surface area contributed by atoms with Crippen LogP contribution in [0, 0.1) is 0 Å². The molecule has 0 spiro atoms. The Bertz CT molecular complexity index is 361. The van der Waals surface area contributed by atoms with Gasteiger partial charge < -0.3 is 15.2 Å². The van der Waals surface area contributed by atoms with Crippen LogP contribution in [0.3, 0.4) is 0 Å². The molecule has 0 aromatic heterocycles. The van der Waals surface area contributed by atoms with Crippen LogP contribution in [-0.4, -0.2) is 24.4 Å². The van der Waals surface area contributed by atoms with Crippen molar-refractivity contribution < 1.29 is 9.84 Å². The summed E-state index contributed by atoms with van der Waals surface area (Å²) in [5, 5.41) is 12.3. The molecule has 1 aromatic rings. The molecule has 3 heteroatoms. The number of rotatable bonds is 7. The zero-order valence-electron chi connectivity index (χ0n) is 10.6. The van der Waals surface area contributed by atoms with E-state index < -0.39 is 0 Å². The lowest BCUT2D eigenvalue weighted by Crippen LogP contribution is -2.23. The SMILES string of the molecule is C=C(C)COc1cccc(CNCC(C)O)c1. The van der Waals surface area contributed by atoms with Crippen LogP contribution < -0.4 is 10.1 Å². The van der Waals surface area contributed by atoms with Crippen LogP contribution in [0.4, 0.5) is 0 Å². The molecule has 0 bridgehead atoms. The van der Waals surface area contributed by atoms with Gasteiger partial charge in [-0.1, -0.05) is 18.7 Å². The van der Waals surface area contributed by atoms with Gasteiger partial charge in [0.15, 0.2) is 0 Å². The number of nitrogens with one attached hydrogen (secondary N) is 1. The van der Waals surface area contributed by atoms with Gasteiger partial charge in [-0.3, -0.25) is 0 Å². The van der Waals surface area contributed by atoms with Crippen LogP contribution in [0.5, 0.6) is 5.75 Å². The maximum atomic E-state index is 9.13. The molecule has 0 amide bonds. The summed E-state index contributed by atoms with van der Waals surface area (Å²) in [4.78, 5) is 0. The molecule has 0 aliphatic carbocycles. The lowest BCUT2D eigenvalue weighted by Gasteiger charge is -2.09. The molecule has 0 saturated heterocycles. The fourth-order valence-electron chi connectivity index (χ4n) is 1.38. The van der Waals surface area contributed by atoms with Crippen LogP contribution in [0.15, 0.2) is 36.4 Å². The number of hydrogen-bond acceptors (Lipinski definition) is 3. The first-order valence-corrected chi connectivity index (χ1v) is 5.83. The van der Waals surface area contributed by atoms with E-state index in [1.165, 1.54) is 0 Å². The van der Waals surface area contributed by atoms with E-state index in [1.807, 2.05) is 31.2 Å². The van der Waals surface area contributed by atoms with Gasteiger partial charge in [0, 0.05) is 13.1 Å². The molecule has 94 valence electrons. The first-order valence-electron chi connectivity index (χ1n) is 5.83. The highest BCUT2D eigenvalue weighted by molar-refractivity contribution is 5.28. The quantitative estimate of drug-likeness (QED) is 0.711. The lowest BCUT2D eigenvalue weighted by molar-refractivity contribution is 0.191. The van der Waals surface area contributed by atoms with Crippen molar-refractivity contribution >= 4 is 0 Å². The van der Waals surface area contributed by atoms with E-state index in [-0.39, 0.29) is 6.10 Å². The number of aliphatic hydroxyl groups excluding tert-OH is 1. The first-order chi connectivity index (χ1) is 8.08. The van der Waals surface area contributed by atoms with E-state index in [1.54, 1.807) is 6.92 Å². The summed E-state index contributed by atoms with van der Waals surface area (Å²) in [5.41, 5.74) is 2.15. The number of benzene rings is 1. The average Bonchev–Trinajstić information content (AvgIpc) is 2.26. The van der Waals surface area contributed by atoms with Crippen molar-refractivity contribution in [2.75, 3.05) is 13.2 Å². The van der Waals surface area contributed by atoms with Crippen molar-refractivity contribution in [3.8, 4) is 5.75 Å². The van der Waals surface area contributed by atoms with Gasteiger partial charge in [-0.15, -0.1) is 0 Å². The normalized spacial score (nSPS) is 12.2. The Kier molecular flexibility index (Phi) is 5.73. The van der Waals surface area contributed by atoms with Crippen LogP contribution in [0.25, 0.3) is 0 Å². The Labute approximate surface area is 103 Å². The number of ether oxygens (including phenoxy) is 1. The summed E-state index contributed by atoms with van der Waals surface area (Å²) in [6.07, 6.45) is -0.321. The molecule has 1 rings (SSSR count). The van der Waals surface area contributed by atoms with E-state index in [4.69, 9.17) is 9.84 Å². The minimum absolute atomic E-state index is 0.321. The van der Waals surface area contributed by atoms with Crippen LogP contribution in [0.1, 0.15) is 19.4 Å². The molecule has 1 aromatic carbocycles. The van der Waals surface area contributed by atoms with Crippen molar-refractivity contribution in [2.45, 2.75) is 26.5 Å². The Morgan fingerprint density at radius 2 is 2.29 bits per heavy atom. The Balaban J connectivity index is 2.45. The van der Waals surface area contributed by atoms with Crippen molar-refractivity contribution in [3.05, 3.63) is 42.0 Å². The van der Waals surface area contributed by atoms with Crippen LogP contribution in [0.2, 0.25) is 0 Å². The van der Waals surface area contributed by atoms with E-state index in [9.17, 15) is 0 Å². The third-order valence-electron chi connectivity index (χ3n) is 2.15. The Morgan fingerprint density at radius 1 is 1.53 bits per heavy atom. The van der Waals surface area contributed by atoms with E-state index >= 15 is 0 Å². The molecule has 0 fully saturated rings. The van der Waals surface area contributed by atoms with Gasteiger partial charge in [0.05, 0.1) is 6.10 Å². The van der Waals surface area contributed by atoms with Gasteiger partial charge >= 0.3 is 0 Å². The highest BCUT2D eigenvalue weighted by atomic mass is 16.5. The highest BCUT2D eigenvalue weighted by Gasteiger charge is 1.99. The second-order valence-corrected chi connectivity index (χ2v) is 4.37. The third-order valence-corrected chi connectivity index (χ3v) is 2.15. The molecular weight excluding hydrogens is 214 g/mol. The smallest absolute Gasteiger partial charge is 0.120 e. The third kappa shape index (κ3) is 6.09. The summed E-state index contributed by atoms with van der Waals surface area (Å²) in [5.74, 6) is 0.851. The predicted octanol–water partition coefficient (Wildman–Crippen LogP) is 2.11. The topological polar surface area (TPSA) is 41.5 Å². The van der Waals surface area contributed by atoms with Gasteiger partial charge in [-0.2, -0.15) is 0 Å². The first kappa shape index (κ1) is 13.7. The van der Waals surface area contributed by atoms with Crippen molar-refractivity contribution in [1.29, 1.82) is 0 Å². The van der Waals surface area contributed by atoms with Crippen LogP contribution >= 0.6 is 0 Å². The summed E-state index contributed by atoms with van der Waals surface area (Å²) in [7, 11) is 0. The number of hydrogen-bond donors (Lipinski definition) is 2. The van der Waals surface area contributed by atoms with E-state index in [2.05, 4.69) is 11.9 Å². The molecule has 0 radical (unpaired) electrons. The molecule has 1 atom stereocenters. The molecule has 0 aliphatic heterocycles. The zero-order chi connectivity index (χ0) is 12.7. The van der Waals surface area contributed by atoms with Gasteiger partial charge in [0.25, 0.3) is 0 Å². The molecule has 3 nitrogen and oxygen atoms in total. The fraction of sp³-hybridized carbons (Fsp3) is 0.429. The molecule has 17 heavy (non-hydrogen) atoms. The molecule has 1 unspecified atom stereocenters. The van der Waals surface area contributed by atoms with Gasteiger partial charge in [-0.25, -0.2) is 0 Å². The summed E-state index contributed by atoms with van der Waals surface area (Å²) in [6.45, 7) is 9.37. The Morgan fingerprint density at radius 3 is 2.94 bits per heavy atom. The molecular formula is C14H21NO2. The second kappa shape index (κ2) is 7.09. The van der Waals surface area contributed by atoms with E-state index in [0.29, 0.717) is 13.2 Å². The molecule has 0 heterocycles. The largest absolute Gasteiger partial charge is 0.489 e. The van der Waals surface area contributed by atoms with Gasteiger partial charge in [-0.05, 0) is 37.1 Å². The number of aliphatic hydroxyl groups is 1. The molecule has 0 aliphatic rings. The average molecular weight is 235 g/mol. The van der Waals surface area contributed by atoms with E-state index in [0.717, 1.165) is 23.4 Å². The predicted molar refractivity (Wildman–Crippen MR) is 70.1 cm³/mol. The standard InChI is InChI=1S/C14H21NO2/c1-11(2)10-17-14-6-4-5-13(7-14)9-15-8-12(3)16/h4-7,12,15-16H,1,8-10H2,2-3H3. The minimum Gasteiger partial charge on any atom is -0.489 e. The maximum absolute atomic E-state index is 9.13. The minimum atomic E-state index is -0.321. The van der Waals surface area contributed by atoms with Gasteiger partial charge in [0.1, 0.15) is 12.4 Å². The highest BCUT2D eigenvalue weighted by Crippen LogP contribution is 2.13. The maximum Gasteiger partial charge on any atom is 0.120 e. The monoisotopic (exact) mass is 235 g/mol. The summed E-state index contributed by atoms with van der Waals surface area (Å²) in [6, 6.07) is 7.93. The van der Waals surface area contributed by atoms with Crippen LogP contribution in [-0.2, 0) is 6.54 Å². The lowest BCUT2D eigenvalue weighted by atomic mass is 10.2. The van der Waals surface area contributed by atoms with Gasteiger partial charge in [0.2, 0.25) is 0 Å². The second-order valence-electron chi connectivity index (χ2n) is 4.37. The summed E-state index contributed by atoms with van der Waals surface area (Å²) >= 11 is 0. The molecule has 0 saturated carbocycles. The Hall–Kier alpha value is -1.32. The van der Waals surface area contributed by atoms with Crippen molar-refractivity contribution in [1.82, 2.24) is 5.32 Å². The summed E-state index contributed by atoms with van der Waals surface area (Å²) < 4.78 is 5.56. The fourth-order valence-corrected chi connectivity index (χ4v) is 1.38. The van der Waals surface area contributed by atoms with Crippen molar-refractivity contribution in [3.63, 3.8) is 0 Å². The molecule has 2 N–H and O–H groups in total.